The third-order valence-electron chi connectivity index (χ3n) is 3.98. The summed E-state index contributed by atoms with van der Waals surface area (Å²) in [5, 5.41) is 16.1. The second kappa shape index (κ2) is 6.63. The molecule has 1 N–H and O–H groups in total. The van der Waals surface area contributed by atoms with E-state index in [0.29, 0.717) is 24.3 Å². The molecule has 3 nitrogen and oxygen atoms in total. The minimum Gasteiger partial charge on any atom is -0.389 e. The summed E-state index contributed by atoms with van der Waals surface area (Å²) < 4.78 is 1.89. The molecule has 0 bridgehead atoms. The predicted molar refractivity (Wildman–Crippen MR) is 86.7 cm³/mol. The van der Waals surface area contributed by atoms with Crippen molar-refractivity contribution in [1.29, 1.82) is 0 Å². The fourth-order valence-corrected chi connectivity index (χ4v) is 2.84. The van der Waals surface area contributed by atoms with Crippen molar-refractivity contribution in [2.75, 3.05) is 0 Å². The van der Waals surface area contributed by atoms with Gasteiger partial charge in [-0.3, -0.25) is 4.68 Å². The van der Waals surface area contributed by atoms with E-state index in [0.717, 1.165) is 23.5 Å². The van der Waals surface area contributed by atoms with Crippen molar-refractivity contribution in [3.8, 4) is 0 Å². The fourth-order valence-electron chi connectivity index (χ4n) is 2.64. The van der Waals surface area contributed by atoms with Crippen LogP contribution in [0.2, 0.25) is 5.02 Å². The Hall–Kier alpha value is -1.32. The van der Waals surface area contributed by atoms with E-state index < -0.39 is 5.60 Å². The summed E-state index contributed by atoms with van der Waals surface area (Å²) in [7, 11) is 0. The van der Waals surface area contributed by atoms with Crippen LogP contribution in [0.3, 0.4) is 0 Å². The van der Waals surface area contributed by atoms with Crippen LogP contribution in [0.5, 0.6) is 0 Å². The van der Waals surface area contributed by atoms with Crippen LogP contribution in [-0.2, 0) is 19.4 Å². The second-order valence-electron chi connectivity index (χ2n) is 5.58. The molecular weight excluding hydrogens is 284 g/mol. The number of halogens is 1. The molecule has 0 aliphatic rings. The third-order valence-corrected chi connectivity index (χ3v) is 4.48. The molecule has 1 heterocycles. The van der Waals surface area contributed by atoms with E-state index in [1.165, 1.54) is 0 Å². The van der Waals surface area contributed by atoms with Gasteiger partial charge in [0.1, 0.15) is 0 Å². The number of benzene rings is 1. The molecule has 0 radical (unpaired) electrons. The van der Waals surface area contributed by atoms with Crippen molar-refractivity contribution in [1.82, 2.24) is 9.78 Å². The van der Waals surface area contributed by atoms with Gasteiger partial charge < -0.3 is 5.11 Å². The Balaban J connectivity index is 2.26. The molecule has 1 aromatic heterocycles. The Morgan fingerprint density at radius 2 is 1.86 bits per heavy atom. The van der Waals surface area contributed by atoms with E-state index in [2.05, 4.69) is 5.10 Å². The van der Waals surface area contributed by atoms with E-state index in [9.17, 15) is 5.11 Å². The Bertz CT molecular complexity index is 594. The first-order valence-corrected chi connectivity index (χ1v) is 7.85. The van der Waals surface area contributed by atoms with E-state index in [4.69, 9.17) is 11.6 Å². The van der Waals surface area contributed by atoms with Crippen LogP contribution in [0, 0.1) is 6.92 Å². The van der Waals surface area contributed by atoms with Crippen molar-refractivity contribution in [2.24, 2.45) is 0 Å². The summed E-state index contributed by atoms with van der Waals surface area (Å²) in [5.74, 6) is 0. The molecule has 0 amide bonds. The number of hydrogen-bond donors (Lipinski definition) is 1. The zero-order valence-electron chi connectivity index (χ0n) is 12.9. The van der Waals surface area contributed by atoms with Gasteiger partial charge in [0, 0.05) is 19.4 Å². The molecule has 0 aliphatic heterocycles. The first-order chi connectivity index (χ1) is 9.99. The van der Waals surface area contributed by atoms with Crippen molar-refractivity contribution in [2.45, 2.75) is 52.2 Å². The predicted octanol–water partition coefficient (Wildman–Crippen LogP) is 3.79. The third kappa shape index (κ3) is 3.66. The quantitative estimate of drug-likeness (QED) is 0.881. The molecule has 1 aromatic carbocycles. The topological polar surface area (TPSA) is 38.0 Å². The average Bonchev–Trinajstić information content (AvgIpc) is 2.76. The summed E-state index contributed by atoms with van der Waals surface area (Å²) in [6.45, 7) is 6.71. The molecule has 0 saturated carbocycles. The molecule has 2 rings (SSSR count). The minimum absolute atomic E-state index is 0.520. The fraction of sp³-hybridized carbons (Fsp3) is 0.471. The van der Waals surface area contributed by atoms with Gasteiger partial charge in [-0.05, 0) is 25.8 Å². The Labute approximate surface area is 131 Å². The Kier molecular flexibility index (Phi) is 5.07. The normalized spacial score (nSPS) is 14.1. The molecule has 2 aromatic rings. The standard InChI is InChI=1S/C17H23ClN2O/c1-4-17(21,11-14-9-7-6-8-10-14)12-15-16(18)13(3)19-20(15)5-2/h6-10,21H,4-5,11-12H2,1-3H3. The lowest BCUT2D eigenvalue weighted by molar-refractivity contribution is 0.0349. The molecule has 21 heavy (non-hydrogen) atoms. The summed E-state index contributed by atoms with van der Waals surface area (Å²) in [6, 6.07) is 10.1. The lowest BCUT2D eigenvalue weighted by Gasteiger charge is -2.27. The SMILES string of the molecule is CCn1nc(C)c(Cl)c1CC(O)(CC)Cc1ccccc1. The molecular formula is C17H23ClN2O. The molecule has 0 aliphatic carbocycles. The number of hydrogen-bond acceptors (Lipinski definition) is 2. The van der Waals surface area contributed by atoms with Gasteiger partial charge in [0.25, 0.3) is 0 Å². The van der Waals surface area contributed by atoms with Crippen LogP contribution in [-0.4, -0.2) is 20.5 Å². The van der Waals surface area contributed by atoms with E-state index in [-0.39, 0.29) is 0 Å². The summed E-state index contributed by atoms with van der Waals surface area (Å²) in [6.07, 6.45) is 1.81. The van der Waals surface area contributed by atoms with Gasteiger partial charge in [-0.2, -0.15) is 5.10 Å². The van der Waals surface area contributed by atoms with Gasteiger partial charge in [-0.15, -0.1) is 0 Å². The van der Waals surface area contributed by atoms with Crippen molar-refractivity contribution < 1.29 is 5.11 Å². The zero-order valence-corrected chi connectivity index (χ0v) is 13.7. The van der Waals surface area contributed by atoms with Gasteiger partial charge in [0.15, 0.2) is 0 Å². The smallest absolute Gasteiger partial charge is 0.0848 e. The minimum atomic E-state index is -0.801. The number of rotatable bonds is 6. The maximum atomic E-state index is 11.0. The Morgan fingerprint density at radius 3 is 2.43 bits per heavy atom. The lowest BCUT2D eigenvalue weighted by atomic mass is 9.87. The average molecular weight is 307 g/mol. The first-order valence-electron chi connectivity index (χ1n) is 7.47. The van der Waals surface area contributed by atoms with Gasteiger partial charge in [-0.25, -0.2) is 0 Å². The van der Waals surface area contributed by atoms with E-state index in [1.54, 1.807) is 0 Å². The van der Waals surface area contributed by atoms with Crippen LogP contribution in [0.25, 0.3) is 0 Å². The van der Waals surface area contributed by atoms with E-state index in [1.807, 2.05) is 55.8 Å². The highest BCUT2D eigenvalue weighted by molar-refractivity contribution is 6.31. The van der Waals surface area contributed by atoms with Crippen molar-refractivity contribution >= 4 is 11.6 Å². The molecule has 4 heteroatoms. The highest BCUT2D eigenvalue weighted by Gasteiger charge is 2.29. The van der Waals surface area contributed by atoms with Crippen molar-refractivity contribution in [3.05, 3.63) is 52.3 Å². The zero-order chi connectivity index (χ0) is 15.5. The maximum absolute atomic E-state index is 11.0. The number of nitrogens with zero attached hydrogens (tertiary/aromatic N) is 2. The number of aromatic nitrogens is 2. The Morgan fingerprint density at radius 1 is 1.19 bits per heavy atom. The summed E-state index contributed by atoms with van der Waals surface area (Å²) in [5.41, 5.74) is 2.09. The molecule has 0 fully saturated rings. The number of aryl methyl sites for hydroxylation is 2. The monoisotopic (exact) mass is 306 g/mol. The van der Waals surface area contributed by atoms with Gasteiger partial charge >= 0.3 is 0 Å². The van der Waals surface area contributed by atoms with Gasteiger partial charge in [0.05, 0.1) is 22.0 Å². The van der Waals surface area contributed by atoms with Crippen LogP contribution in [0.15, 0.2) is 30.3 Å². The van der Waals surface area contributed by atoms with Gasteiger partial charge in [0.2, 0.25) is 0 Å². The molecule has 114 valence electrons. The molecule has 0 saturated heterocycles. The van der Waals surface area contributed by atoms with E-state index >= 15 is 0 Å². The maximum Gasteiger partial charge on any atom is 0.0848 e. The van der Waals surface area contributed by atoms with Crippen LogP contribution in [0.1, 0.15) is 37.2 Å². The second-order valence-corrected chi connectivity index (χ2v) is 5.96. The van der Waals surface area contributed by atoms with Crippen LogP contribution in [0.4, 0.5) is 0 Å². The lowest BCUT2D eigenvalue weighted by Crippen LogP contribution is -2.34. The summed E-state index contributed by atoms with van der Waals surface area (Å²) in [4.78, 5) is 0. The van der Waals surface area contributed by atoms with Crippen molar-refractivity contribution in [3.63, 3.8) is 0 Å². The van der Waals surface area contributed by atoms with Crippen LogP contribution >= 0.6 is 11.6 Å². The first kappa shape index (κ1) is 16.1. The summed E-state index contributed by atoms with van der Waals surface area (Å²) >= 11 is 6.36. The largest absolute Gasteiger partial charge is 0.389 e. The van der Waals surface area contributed by atoms with Gasteiger partial charge in [-0.1, -0.05) is 48.9 Å². The molecule has 1 unspecified atom stereocenters. The molecule has 1 atom stereocenters. The number of aliphatic hydroxyl groups is 1. The highest BCUT2D eigenvalue weighted by atomic mass is 35.5. The highest BCUT2D eigenvalue weighted by Crippen LogP contribution is 2.28. The van der Waals surface area contributed by atoms with Crippen LogP contribution < -0.4 is 0 Å². The molecule has 0 spiro atoms.